The van der Waals surface area contributed by atoms with E-state index >= 15 is 0 Å². The number of aryl methyl sites for hydroxylation is 1. The first-order valence-corrected chi connectivity index (χ1v) is 9.19. The largest absolute Gasteiger partial charge is 0.323 e. The molecule has 1 heterocycles. The predicted octanol–water partition coefficient (Wildman–Crippen LogP) is 5.05. The summed E-state index contributed by atoms with van der Waals surface area (Å²) in [6, 6.07) is 14.0. The average Bonchev–Trinajstić information content (AvgIpc) is 2.91. The molecule has 0 bridgehead atoms. The minimum absolute atomic E-state index is 0.0587. The number of nitrogens with zero attached hydrogens (tertiary/aromatic N) is 2. The van der Waals surface area contributed by atoms with E-state index < -0.39 is 6.03 Å². The minimum Gasteiger partial charge on any atom is -0.308 e. The van der Waals surface area contributed by atoms with E-state index in [9.17, 15) is 9.59 Å². The summed E-state index contributed by atoms with van der Waals surface area (Å²) in [5.41, 5.74) is 4.21. The Labute approximate surface area is 168 Å². The Morgan fingerprint density at radius 2 is 1.82 bits per heavy atom. The van der Waals surface area contributed by atoms with Crippen molar-refractivity contribution >= 4 is 34.8 Å². The van der Waals surface area contributed by atoms with Crippen LogP contribution in [0.25, 0.3) is 0 Å². The Kier molecular flexibility index (Phi) is 5.80. The second-order valence-electron chi connectivity index (χ2n) is 6.51. The molecule has 3 aromatic rings. The molecule has 7 heteroatoms. The van der Waals surface area contributed by atoms with Crippen molar-refractivity contribution in [1.29, 1.82) is 0 Å². The number of Topliss-reactive ketones (excluding diaryl/α,β-unsaturated/α-hetero) is 1. The van der Waals surface area contributed by atoms with E-state index in [1.54, 1.807) is 24.3 Å². The number of aromatic nitrogens is 2. The van der Waals surface area contributed by atoms with E-state index in [0.717, 1.165) is 11.3 Å². The molecule has 0 unspecified atom stereocenters. The number of benzene rings is 2. The fraction of sp³-hybridized carbons (Fsp3) is 0.190. The van der Waals surface area contributed by atoms with Crippen LogP contribution in [0.1, 0.15) is 34.2 Å². The van der Waals surface area contributed by atoms with Crippen molar-refractivity contribution < 1.29 is 9.59 Å². The third kappa shape index (κ3) is 4.40. The van der Waals surface area contributed by atoms with Gasteiger partial charge >= 0.3 is 6.03 Å². The number of carbonyl (C=O) groups is 2. The summed E-state index contributed by atoms with van der Waals surface area (Å²) < 4.78 is 1.81. The molecule has 2 amide bonds. The van der Waals surface area contributed by atoms with Gasteiger partial charge in [0.05, 0.1) is 23.6 Å². The van der Waals surface area contributed by atoms with Gasteiger partial charge in [-0.3, -0.25) is 9.48 Å². The van der Waals surface area contributed by atoms with E-state index in [0.29, 0.717) is 34.2 Å². The summed E-state index contributed by atoms with van der Waals surface area (Å²) in [5.74, 6) is -0.0587. The Bertz CT molecular complexity index is 1040. The van der Waals surface area contributed by atoms with Gasteiger partial charge in [-0.05, 0) is 44.5 Å². The molecule has 144 valence electrons. The number of urea groups is 1. The maximum Gasteiger partial charge on any atom is 0.323 e. The molecule has 6 nitrogen and oxygen atoms in total. The Balaban J connectivity index is 1.75. The molecule has 2 N–H and O–H groups in total. The van der Waals surface area contributed by atoms with Crippen molar-refractivity contribution in [2.24, 2.45) is 0 Å². The van der Waals surface area contributed by atoms with Gasteiger partial charge in [0.1, 0.15) is 0 Å². The lowest BCUT2D eigenvalue weighted by Crippen LogP contribution is -2.20. The molecule has 0 atom stereocenters. The van der Waals surface area contributed by atoms with Gasteiger partial charge in [0, 0.05) is 16.3 Å². The van der Waals surface area contributed by atoms with Crippen LogP contribution in [0.2, 0.25) is 5.02 Å². The number of halogens is 1. The van der Waals surface area contributed by atoms with Gasteiger partial charge in [0.25, 0.3) is 0 Å². The van der Waals surface area contributed by atoms with Crippen LogP contribution in [-0.2, 0) is 6.54 Å². The lowest BCUT2D eigenvalue weighted by molar-refractivity contribution is 0.101. The van der Waals surface area contributed by atoms with Crippen molar-refractivity contribution in [2.45, 2.75) is 27.3 Å². The van der Waals surface area contributed by atoms with Gasteiger partial charge in [-0.1, -0.05) is 41.9 Å². The second kappa shape index (κ2) is 8.27. The Morgan fingerprint density at radius 3 is 2.54 bits per heavy atom. The number of amides is 2. The zero-order valence-corrected chi connectivity index (χ0v) is 16.7. The van der Waals surface area contributed by atoms with Crippen molar-refractivity contribution in [3.8, 4) is 0 Å². The summed E-state index contributed by atoms with van der Waals surface area (Å²) in [4.78, 5) is 23.9. The van der Waals surface area contributed by atoms with Crippen LogP contribution in [0.5, 0.6) is 0 Å². The normalized spacial score (nSPS) is 10.6. The SMILES string of the molecule is CC(=O)c1cccc(NC(=O)Nc2c(C)nn(Cc3ccccc3Cl)c2C)c1. The van der Waals surface area contributed by atoms with Crippen molar-refractivity contribution in [2.75, 3.05) is 10.6 Å². The molecule has 2 aromatic carbocycles. The highest BCUT2D eigenvalue weighted by Gasteiger charge is 2.15. The number of hydrogen-bond donors (Lipinski definition) is 2. The van der Waals surface area contributed by atoms with Crippen LogP contribution in [0.4, 0.5) is 16.2 Å². The molecular formula is C21H21ClN4O2. The zero-order chi connectivity index (χ0) is 20.3. The Hall–Kier alpha value is -3.12. The van der Waals surface area contributed by atoms with Gasteiger partial charge in [-0.2, -0.15) is 5.10 Å². The van der Waals surface area contributed by atoms with Gasteiger partial charge in [-0.15, -0.1) is 0 Å². The number of rotatable bonds is 5. The van der Waals surface area contributed by atoms with E-state index in [-0.39, 0.29) is 5.78 Å². The maximum atomic E-state index is 12.4. The van der Waals surface area contributed by atoms with Crippen LogP contribution in [0.3, 0.4) is 0 Å². The molecule has 0 spiro atoms. The molecule has 3 rings (SSSR count). The summed E-state index contributed by atoms with van der Waals surface area (Å²) in [6.07, 6.45) is 0. The highest BCUT2D eigenvalue weighted by Crippen LogP contribution is 2.23. The molecule has 0 radical (unpaired) electrons. The molecule has 0 aliphatic carbocycles. The van der Waals surface area contributed by atoms with Crippen LogP contribution in [0, 0.1) is 13.8 Å². The molecule has 0 aliphatic rings. The lowest BCUT2D eigenvalue weighted by Gasteiger charge is -2.10. The third-order valence-corrected chi connectivity index (χ3v) is 4.79. The molecule has 0 aliphatic heterocycles. The highest BCUT2D eigenvalue weighted by atomic mass is 35.5. The quantitative estimate of drug-likeness (QED) is 0.592. The van der Waals surface area contributed by atoms with Crippen LogP contribution >= 0.6 is 11.6 Å². The van der Waals surface area contributed by atoms with Crippen molar-refractivity contribution in [1.82, 2.24) is 9.78 Å². The Morgan fingerprint density at radius 1 is 1.07 bits per heavy atom. The number of anilines is 2. The van der Waals surface area contributed by atoms with Gasteiger partial charge in [0.2, 0.25) is 0 Å². The van der Waals surface area contributed by atoms with Crippen LogP contribution in [-0.4, -0.2) is 21.6 Å². The first kappa shape index (κ1) is 19.6. The summed E-state index contributed by atoms with van der Waals surface area (Å²) in [5, 5.41) is 10.8. The fourth-order valence-corrected chi connectivity index (χ4v) is 3.11. The minimum atomic E-state index is -0.399. The highest BCUT2D eigenvalue weighted by molar-refractivity contribution is 6.31. The third-order valence-electron chi connectivity index (χ3n) is 4.42. The van der Waals surface area contributed by atoms with E-state index in [2.05, 4.69) is 15.7 Å². The first-order valence-electron chi connectivity index (χ1n) is 8.81. The number of ketones is 1. The molecule has 0 fully saturated rings. The number of hydrogen-bond acceptors (Lipinski definition) is 3. The smallest absolute Gasteiger partial charge is 0.308 e. The van der Waals surface area contributed by atoms with Gasteiger partial charge in [0.15, 0.2) is 5.78 Å². The molecule has 28 heavy (non-hydrogen) atoms. The summed E-state index contributed by atoms with van der Waals surface area (Å²) in [7, 11) is 0. The second-order valence-corrected chi connectivity index (χ2v) is 6.92. The summed E-state index contributed by atoms with van der Waals surface area (Å²) >= 11 is 6.24. The van der Waals surface area contributed by atoms with Crippen molar-refractivity contribution in [3.05, 3.63) is 76.1 Å². The lowest BCUT2D eigenvalue weighted by atomic mass is 10.1. The van der Waals surface area contributed by atoms with E-state index in [1.807, 2.05) is 42.8 Å². The molecule has 0 saturated heterocycles. The summed E-state index contributed by atoms with van der Waals surface area (Å²) in [6.45, 7) is 5.72. The van der Waals surface area contributed by atoms with Crippen molar-refractivity contribution in [3.63, 3.8) is 0 Å². The first-order chi connectivity index (χ1) is 13.3. The number of carbonyl (C=O) groups excluding carboxylic acids is 2. The zero-order valence-electron chi connectivity index (χ0n) is 15.9. The van der Waals surface area contributed by atoms with E-state index in [1.165, 1.54) is 6.92 Å². The van der Waals surface area contributed by atoms with Crippen LogP contribution in [0.15, 0.2) is 48.5 Å². The molecule has 1 aromatic heterocycles. The molecular weight excluding hydrogens is 376 g/mol. The predicted molar refractivity (Wildman–Crippen MR) is 111 cm³/mol. The van der Waals surface area contributed by atoms with Gasteiger partial charge < -0.3 is 10.6 Å². The topological polar surface area (TPSA) is 76.0 Å². The fourth-order valence-electron chi connectivity index (χ4n) is 2.91. The standard InChI is InChI=1S/C21H21ClN4O2/c1-13-20(14(2)26(25-13)12-17-7-4-5-10-19(17)22)24-21(28)23-18-9-6-8-16(11-18)15(3)27/h4-11H,12H2,1-3H3,(H2,23,24,28). The van der Waals surface area contributed by atoms with E-state index in [4.69, 9.17) is 11.6 Å². The number of nitrogens with one attached hydrogen (secondary N) is 2. The average molecular weight is 397 g/mol. The monoisotopic (exact) mass is 396 g/mol. The van der Waals surface area contributed by atoms with Gasteiger partial charge in [-0.25, -0.2) is 4.79 Å². The maximum absolute atomic E-state index is 12.4. The molecule has 0 saturated carbocycles. The van der Waals surface area contributed by atoms with Crippen LogP contribution < -0.4 is 10.6 Å².